The Labute approximate surface area is 150 Å². The zero-order valence-corrected chi connectivity index (χ0v) is 15.0. The van der Waals surface area contributed by atoms with Crippen molar-refractivity contribution < 1.29 is 9.31 Å². The van der Waals surface area contributed by atoms with Crippen LogP contribution in [0.25, 0.3) is 21.9 Å². The Balaban J connectivity index is 1.90. The smallest absolute Gasteiger partial charge is 0.405 e. The predicted octanol–water partition coefficient (Wildman–Crippen LogP) is 5.17. The molecule has 0 aliphatic carbocycles. The van der Waals surface area contributed by atoms with Gasteiger partial charge in [-0.15, -0.1) is 0 Å². The maximum Gasteiger partial charge on any atom is 0.489 e. The van der Waals surface area contributed by atoms with Gasteiger partial charge in [-0.3, -0.25) is 0 Å². The van der Waals surface area contributed by atoms with Crippen LogP contribution in [-0.4, -0.2) is 18.9 Å². The highest BCUT2D eigenvalue weighted by Crippen LogP contribution is 2.40. The summed E-state index contributed by atoms with van der Waals surface area (Å²) in [6.45, 7) is 6.29. The van der Waals surface area contributed by atoms with Gasteiger partial charge in [-0.25, -0.2) is 0 Å². The SMILES string of the molecule is CC1(C)O[B]OC1(C)Cc1ccc2ccccc2c1-c1ccccc1. The molecule has 2 nitrogen and oxygen atoms in total. The van der Waals surface area contributed by atoms with Crippen LogP contribution < -0.4 is 0 Å². The third-order valence-electron chi connectivity index (χ3n) is 5.53. The summed E-state index contributed by atoms with van der Waals surface area (Å²) in [5.41, 5.74) is 3.02. The van der Waals surface area contributed by atoms with E-state index < -0.39 is 5.60 Å². The lowest BCUT2D eigenvalue weighted by Crippen LogP contribution is -2.46. The minimum Gasteiger partial charge on any atom is -0.405 e. The number of fused-ring (bicyclic) bond motifs is 1. The van der Waals surface area contributed by atoms with E-state index in [9.17, 15) is 0 Å². The molecule has 1 fully saturated rings. The van der Waals surface area contributed by atoms with Crippen LogP contribution in [0.4, 0.5) is 0 Å². The first-order valence-corrected chi connectivity index (χ1v) is 8.74. The average Bonchev–Trinajstić information content (AvgIpc) is 2.88. The first-order valence-electron chi connectivity index (χ1n) is 8.74. The fourth-order valence-corrected chi connectivity index (χ4v) is 3.54. The molecular weight excluding hydrogens is 307 g/mol. The molecule has 4 rings (SSSR count). The van der Waals surface area contributed by atoms with Crippen LogP contribution >= 0.6 is 0 Å². The lowest BCUT2D eigenvalue weighted by atomic mass is 9.80. The van der Waals surface area contributed by atoms with Crippen molar-refractivity contribution in [1.29, 1.82) is 0 Å². The zero-order chi connectivity index (χ0) is 17.5. The molecule has 0 amide bonds. The van der Waals surface area contributed by atoms with Crippen LogP contribution in [-0.2, 0) is 15.7 Å². The van der Waals surface area contributed by atoms with Gasteiger partial charge in [0.25, 0.3) is 0 Å². The Hall–Kier alpha value is -2.10. The van der Waals surface area contributed by atoms with Gasteiger partial charge in [-0.05, 0) is 48.2 Å². The fourth-order valence-electron chi connectivity index (χ4n) is 3.54. The molecule has 0 saturated carbocycles. The number of rotatable bonds is 3. The summed E-state index contributed by atoms with van der Waals surface area (Å²) < 4.78 is 11.6. The molecule has 1 aliphatic heterocycles. The van der Waals surface area contributed by atoms with E-state index in [0.717, 1.165) is 6.42 Å². The molecule has 0 aromatic heterocycles. The molecule has 25 heavy (non-hydrogen) atoms. The van der Waals surface area contributed by atoms with E-state index in [1.165, 1.54) is 35.1 Å². The van der Waals surface area contributed by atoms with Gasteiger partial charge in [-0.2, -0.15) is 0 Å². The van der Waals surface area contributed by atoms with Crippen molar-refractivity contribution in [1.82, 2.24) is 0 Å². The molecule has 3 aromatic rings. The van der Waals surface area contributed by atoms with Crippen molar-refractivity contribution in [2.75, 3.05) is 0 Å². The summed E-state index contributed by atoms with van der Waals surface area (Å²) in [5, 5.41) is 2.53. The quantitative estimate of drug-likeness (QED) is 0.617. The van der Waals surface area contributed by atoms with Gasteiger partial charge in [0.1, 0.15) is 0 Å². The summed E-state index contributed by atoms with van der Waals surface area (Å²) >= 11 is 0. The monoisotopic (exact) mass is 329 g/mol. The maximum absolute atomic E-state index is 5.92. The van der Waals surface area contributed by atoms with Gasteiger partial charge in [0, 0.05) is 6.42 Å². The molecule has 125 valence electrons. The van der Waals surface area contributed by atoms with Crippen molar-refractivity contribution in [3.05, 3.63) is 72.3 Å². The van der Waals surface area contributed by atoms with E-state index in [1.807, 2.05) is 0 Å². The van der Waals surface area contributed by atoms with Crippen LogP contribution in [0, 0.1) is 0 Å². The van der Waals surface area contributed by atoms with Crippen LogP contribution in [0.3, 0.4) is 0 Å². The van der Waals surface area contributed by atoms with Crippen LogP contribution in [0.1, 0.15) is 26.3 Å². The van der Waals surface area contributed by atoms with E-state index in [1.54, 1.807) is 0 Å². The standard InChI is InChI=1S/C22H22BO2/c1-21(2)22(3,25-23-24-21)15-18-14-13-16-9-7-8-12-19(16)20(18)17-10-5-4-6-11-17/h4-14H,15H2,1-3H3. The van der Waals surface area contributed by atoms with Gasteiger partial charge in [-0.1, -0.05) is 66.7 Å². The van der Waals surface area contributed by atoms with Crippen molar-refractivity contribution in [3.63, 3.8) is 0 Å². The second-order valence-electron chi connectivity index (χ2n) is 7.44. The van der Waals surface area contributed by atoms with Gasteiger partial charge >= 0.3 is 7.69 Å². The Morgan fingerprint density at radius 1 is 0.800 bits per heavy atom. The lowest BCUT2D eigenvalue weighted by molar-refractivity contribution is -0.00866. The van der Waals surface area contributed by atoms with Crippen molar-refractivity contribution in [3.8, 4) is 11.1 Å². The molecule has 3 aromatic carbocycles. The molecular formula is C22H22BO2. The Bertz CT molecular complexity index is 904. The Morgan fingerprint density at radius 3 is 2.24 bits per heavy atom. The van der Waals surface area contributed by atoms with Crippen LogP contribution in [0.5, 0.6) is 0 Å². The van der Waals surface area contributed by atoms with Gasteiger partial charge in [0.15, 0.2) is 0 Å². The van der Waals surface area contributed by atoms with Crippen LogP contribution in [0.2, 0.25) is 0 Å². The minimum absolute atomic E-state index is 0.368. The molecule has 3 heteroatoms. The Morgan fingerprint density at radius 2 is 1.52 bits per heavy atom. The first-order chi connectivity index (χ1) is 12.0. The van der Waals surface area contributed by atoms with Gasteiger partial charge < -0.3 is 9.31 Å². The lowest BCUT2D eigenvalue weighted by Gasteiger charge is -2.37. The van der Waals surface area contributed by atoms with E-state index in [4.69, 9.17) is 9.31 Å². The minimum atomic E-state index is -0.404. The average molecular weight is 329 g/mol. The van der Waals surface area contributed by atoms with E-state index in [0.29, 0.717) is 0 Å². The normalized spacial score (nSPS) is 22.0. The third kappa shape index (κ3) is 2.78. The number of benzene rings is 3. The predicted molar refractivity (Wildman–Crippen MR) is 103 cm³/mol. The maximum atomic E-state index is 5.92. The molecule has 1 unspecified atom stereocenters. The van der Waals surface area contributed by atoms with Gasteiger partial charge in [0.05, 0.1) is 11.2 Å². The number of hydrogen-bond acceptors (Lipinski definition) is 2. The largest absolute Gasteiger partial charge is 0.489 e. The fraction of sp³-hybridized carbons (Fsp3) is 0.273. The summed E-state index contributed by atoms with van der Waals surface area (Å²) in [7, 11) is 1.49. The Kier molecular flexibility index (Phi) is 3.94. The molecule has 1 saturated heterocycles. The molecule has 1 aliphatic rings. The molecule has 0 spiro atoms. The topological polar surface area (TPSA) is 18.5 Å². The molecule has 1 radical (unpaired) electrons. The summed E-state index contributed by atoms with van der Waals surface area (Å²) in [6.07, 6.45) is 0.783. The van der Waals surface area contributed by atoms with E-state index >= 15 is 0 Å². The highest BCUT2D eigenvalue weighted by Gasteiger charge is 2.48. The second-order valence-corrected chi connectivity index (χ2v) is 7.44. The molecule has 1 atom stereocenters. The van der Waals surface area contributed by atoms with E-state index in [-0.39, 0.29) is 5.60 Å². The van der Waals surface area contributed by atoms with Crippen molar-refractivity contribution in [2.45, 2.75) is 38.4 Å². The van der Waals surface area contributed by atoms with Crippen molar-refractivity contribution >= 4 is 18.5 Å². The summed E-state index contributed by atoms with van der Waals surface area (Å²) in [5.74, 6) is 0. The first kappa shape index (κ1) is 16.4. The van der Waals surface area contributed by atoms with Gasteiger partial charge in [0.2, 0.25) is 0 Å². The zero-order valence-electron chi connectivity index (χ0n) is 15.0. The molecule has 1 heterocycles. The van der Waals surface area contributed by atoms with E-state index in [2.05, 4.69) is 87.5 Å². The molecule has 0 bridgehead atoms. The molecule has 0 N–H and O–H groups in total. The van der Waals surface area contributed by atoms with Crippen molar-refractivity contribution in [2.24, 2.45) is 0 Å². The van der Waals surface area contributed by atoms with Crippen LogP contribution in [0.15, 0.2) is 66.7 Å². The third-order valence-corrected chi connectivity index (χ3v) is 5.53. The summed E-state index contributed by atoms with van der Waals surface area (Å²) in [6, 6.07) is 23.6. The summed E-state index contributed by atoms with van der Waals surface area (Å²) in [4.78, 5) is 0. The number of hydrogen-bond donors (Lipinski definition) is 0. The highest BCUT2D eigenvalue weighted by atomic mass is 16.7. The highest BCUT2D eigenvalue weighted by molar-refractivity contribution is 6.19. The second kappa shape index (κ2) is 6.01.